The minimum absolute atomic E-state index is 0.0291. The Morgan fingerprint density at radius 1 is 1.00 bits per heavy atom. The lowest BCUT2D eigenvalue weighted by atomic mass is 9.92. The van der Waals surface area contributed by atoms with Crippen LogP contribution in [0, 0.1) is 6.92 Å². The second kappa shape index (κ2) is 11.7. The first-order valence-electron chi connectivity index (χ1n) is 14.9. The molecule has 238 valence electrons. The first-order chi connectivity index (χ1) is 21.7. The summed E-state index contributed by atoms with van der Waals surface area (Å²) >= 11 is 0. The summed E-state index contributed by atoms with van der Waals surface area (Å²) in [6, 6.07) is 14.5. The van der Waals surface area contributed by atoms with Crippen molar-refractivity contribution in [3.05, 3.63) is 106 Å². The number of esters is 1. The van der Waals surface area contributed by atoms with Crippen LogP contribution < -0.4 is 4.74 Å². The lowest BCUT2D eigenvalue weighted by Crippen LogP contribution is -2.23. The largest absolute Gasteiger partial charge is 0.484 e. The molecule has 0 saturated carbocycles. The van der Waals surface area contributed by atoms with Crippen molar-refractivity contribution in [2.45, 2.75) is 71.3 Å². The topological polar surface area (TPSA) is 101 Å². The van der Waals surface area contributed by atoms with Crippen molar-refractivity contribution in [1.29, 1.82) is 0 Å². The van der Waals surface area contributed by atoms with Gasteiger partial charge in [-0.3, -0.25) is 4.79 Å². The number of benzene rings is 2. The van der Waals surface area contributed by atoms with E-state index in [1.54, 1.807) is 86.2 Å². The fourth-order valence-corrected chi connectivity index (χ4v) is 5.58. The van der Waals surface area contributed by atoms with Gasteiger partial charge in [0.05, 0.1) is 22.6 Å². The van der Waals surface area contributed by atoms with Gasteiger partial charge in [0.1, 0.15) is 17.5 Å². The van der Waals surface area contributed by atoms with Crippen LogP contribution in [0.3, 0.4) is 0 Å². The molecule has 0 saturated heterocycles. The van der Waals surface area contributed by atoms with Crippen molar-refractivity contribution < 1.29 is 32.2 Å². The van der Waals surface area contributed by atoms with E-state index < -0.39 is 29.5 Å². The number of nitrogens with zero attached hydrogens (tertiary/aromatic N) is 5. The summed E-state index contributed by atoms with van der Waals surface area (Å²) in [5.41, 5.74) is 1.78. The summed E-state index contributed by atoms with van der Waals surface area (Å²) in [5, 5.41) is 8.37. The average Bonchev–Trinajstić information content (AvgIpc) is 3.57. The summed E-state index contributed by atoms with van der Waals surface area (Å²) in [7, 11) is 0. The summed E-state index contributed by atoms with van der Waals surface area (Å²) < 4.78 is 57.2. The molecule has 2 aromatic carbocycles. The number of hydrogen-bond acceptors (Lipinski definition) is 7. The summed E-state index contributed by atoms with van der Waals surface area (Å²) in [5.74, 6) is -0.343. The number of halogens is 3. The van der Waals surface area contributed by atoms with Gasteiger partial charge in [-0.2, -0.15) is 23.4 Å². The normalized spacial score (nSPS) is 15.1. The first-order valence-corrected chi connectivity index (χ1v) is 14.9. The van der Waals surface area contributed by atoms with Crippen LogP contribution in [0.5, 0.6) is 5.75 Å². The number of hydrogen-bond donors (Lipinski definition) is 0. The average molecular weight is 632 g/mol. The highest BCUT2D eigenvalue weighted by Gasteiger charge is 2.42. The molecule has 9 nitrogen and oxygen atoms in total. The smallest absolute Gasteiger partial charge is 0.435 e. The van der Waals surface area contributed by atoms with Crippen LogP contribution in [0.25, 0.3) is 11.3 Å². The zero-order chi connectivity index (χ0) is 32.8. The van der Waals surface area contributed by atoms with Crippen molar-refractivity contribution >= 4 is 17.4 Å². The molecular formula is C34H32F3N5O4. The van der Waals surface area contributed by atoms with E-state index in [1.807, 2.05) is 13.0 Å². The highest BCUT2D eigenvalue weighted by Crippen LogP contribution is 2.42. The van der Waals surface area contributed by atoms with Gasteiger partial charge >= 0.3 is 12.1 Å². The molecule has 0 N–H and O–H groups in total. The van der Waals surface area contributed by atoms with Gasteiger partial charge in [0.2, 0.25) is 0 Å². The minimum Gasteiger partial charge on any atom is -0.484 e. The number of Topliss-reactive ketones (excluding diaryl/α,β-unsaturated/α-hetero) is 1. The van der Waals surface area contributed by atoms with Crippen LogP contribution in [0.15, 0.2) is 67.0 Å². The number of ether oxygens (including phenoxy) is 2. The fourth-order valence-electron chi connectivity index (χ4n) is 5.58. The van der Waals surface area contributed by atoms with Gasteiger partial charge in [0.25, 0.3) is 0 Å². The summed E-state index contributed by atoms with van der Waals surface area (Å²) in [6.45, 7) is 7.16. The zero-order valence-corrected chi connectivity index (χ0v) is 25.8. The molecule has 46 heavy (non-hydrogen) atoms. The SMILES string of the molecule is Cc1cc2ncc(CC(=O)c3cccc(-n4nc(C(F)(F)F)c5c4C(Oc4ccc(C(=O)OC(C)(C)C)cc4)CCC5)c3)cn2n1. The minimum atomic E-state index is -4.68. The second-order valence-electron chi connectivity index (χ2n) is 12.3. The third-order valence-corrected chi connectivity index (χ3v) is 7.52. The molecule has 0 radical (unpaired) electrons. The van der Waals surface area contributed by atoms with Gasteiger partial charge in [0, 0.05) is 36.0 Å². The maximum Gasteiger partial charge on any atom is 0.435 e. The van der Waals surface area contributed by atoms with E-state index in [9.17, 15) is 22.8 Å². The Morgan fingerprint density at radius 3 is 2.48 bits per heavy atom. The van der Waals surface area contributed by atoms with Gasteiger partial charge in [0.15, 0.2) is 17.1 Å². The van der Waals surface area contributed by atoms with E-state index in [2.05, 4.69) is 15.2 Å². The maximum absolute atomic E-state index is 14.2. The number of rotatable bonds is 7. The highest BCUT2D eigenvalue weighted by molar-refractivity contribution is 5.98. The Morgan fingerprint density at radius 2 is 1.76 bits per heavy atom. The Balaban J connectivity index is 1.30. The predicted molar refractivity (Wildman–Crippen MR) is 162 cm³/mol. The monoisotopic (exact) mass is 631 g/mol. The lowest BCUT2D eigenvalue weighted by molar-refractivity contribution is -0.142. The fraction of sp³-hybridized carbons (Fsp3) is 0.324. The van der Waals surface area contributed by atoms with Gasteiger partial charge < -0.3 is 9.47 Å². The highest BCUT2D eigenvalue weighted by atomic mass is 19.4. The number of carbonyl (C=O) groups excluding carboxylic acids is 2. The van der Waals surface area contributed by atoms with E-state index in [-0.39, 0.29) is 29.9 Å². The Kier molecular flexibility index (Phi) is 7.91. The molecule has 1 unspecified atom stereocenters. The molecule has 1 aliphatic carbocycles. The number of carbonyl (C=O) groups is 2. The van der Waals surface area contributed by atoms with Crippen LogP contribution in [-0.4, -0.2) is 41.7 Å². The Labute approximate surface area is 263 Å². The van der Waals surface area contributed by atoms with Crippen molar-refractivity contribution in [3.63, 3.8) is 0 Å². The van der Waals surface area contributed by atoms with Crippen molar-refractivity contribution in [1.82, 2.24) is 24.4 Å². The van der Waals surface area contributed by atoms with Gasteiger partial charge in [-0.15, -0.1) is 0 Å². The molecule has 0 spiro atoms. The summed E-state index contributed by atoms with van der Waals surface area (Å²) in [6.07, 6.45) is -0.965. The maximum atomic E-state index is 14.2. The van der Waals surface area contributed by atoms with Crippen LogP contribution in [0.4, 0.5) is 13.2 Å². The molecule has 1 atom stereocenters. The lowest BCUT2D eigenvalue weighted by Gasteiger charge is -2.26. The molecule has 0 bridgehead atoms. The number of aryl methyl sites for hydroxylation is 1. The van der Waals surface area contributed by atoms with E-state index in [0.29, 0.717) is 46.6 Å². The Hall–Kier alpha value is -5.00. The van der Waals surface area contributed by atoms with Crippen LogP contribution in [0.1, 0.15) is 88.6 Å². The van der Waals surface area contributed by atoms with Crippen LogP contribution in [0.2, 0.25) is 0 Å². The predicted octanol–water partition coefficient (Wildman–Crippen LogP) is 7.08. The number of alkyl halides is 3. The zero-order valence-electron chi connectivity index (χ0n) is 25.8. The number of aromatic nitrogens is 5. The van der Waals surface area contributed by atoms with E-state index >= 15 is 0 Å². The molecule has 1 aliphatic rings. The third-order valence-electron chi connectivity index (χ3n) is 7.52. The molecule has 3 aromatic heterocycles. The van der Waals surface area contributed by atoms with Crippen LogP contribution in [-0.2, 0) is 23.8 Å². The number of fused-ring (bicyclic) bond motifs is 2. The Bertz CT molecular complexity index is 1940. The molecular weight excluding hydrogens is 599 g/mol. The van der Waals surface area contributed by atoms with Gasteiger partial charge in [-0.05, 0) is 88.9 Å². The number of ketones is 1. The van der Waals surface area contributed by atoms with E-state index in [1.165, 1.54) is 4.68 Å². The van der Waals surface area contributed by atoms with E-state index in [4.69, 9.17) is 9.47 Å². The summed E-state index contributed by atoms with van der Waals surface area (Å²) in [4.78, 5) is 30.1. The van der Waals surface area contributed by atoms with Crippen molar-refractivity contribution in [2.75, 3.05) is 0 Å². The standard InChI is InChI=1S/C34H32F3N5O4/c1-20-15-29-38-18-21(19-41(29)39-20)16-27(43)23-7-5-8-24(17-23)42-30-26(31(40-42)34(35,36)37)9-6-10-28(30)45-25-13-11-22(12-14-25)32(44)46-33(2,3)4/h5,7-8,11-15,17-19,28H,6,9-10,16H2,1-4H3. The van der Waals surface area contributed by atoms with Crippen LogP contribution >= 0.6 is 0 Å². The molecule has 3 heterocycles. The van der Waals surface area contributed by atoms with Gasteiger partial charge in [-0.1, -0.05) is 12.1 Å². The quantitative estimate of drug-likeness (QED) is 0.140. The molecule has 0 fully saturated rings. The molecule has 6 rings (SSSR count). The van der Waals surface area contributed by atoms with Gasteiger partial charge in [-0.25, -0.2) is 19.0 Å². The first kappa shape index (κ1) is 31.0. The van der Waals surface area contributed by atoms with E-state index in [0.717, 1.165) is 5.69 Å². The molecule has 0 aliphatic heterocycles. The van der Waals surface area contributed by atoms with Crippen molar-refractivity contribution in [2.24, 2.45) is 0 Å². The molecule has 0 amide bonds. The third kappa shape index (κ3) is 6.51. The van der Waals surface area contributed by atoms with Crippen molar-refractivity contribution in [3.8, 4) is 11.4 Å². The second-order valence-corrected chi connectivity index (χ2v) is 12.3. The molecule has 12 heteroatoms. The molecule has 5 aromatic rings.